The van der Waals surface area contributed by atoms with Gasteiger partial charge in [0.25, 0.3) is 0 Å². The summed E-state index contributed by atoms with van der Waals surface area (Å²) in [6.07, 6.45) is 4.11. The standard InChI is InChI=1S/C11H20N2S/c1-5-9(3)13-11(4,6-2)10-12-7-8-14-10/h7-9,13H,5-6H2,1-4H3. The molecule has 0 saturated heterocycles. The lowest BCUT2D eigenvalue weighted by atomic mass is 9.98. The molecule has 0 spiro atoms. The summed E-state index contributed by atoms with van der Waals surface area (Å²) in [4.78, 5) is 4.40. The van der Waals surface area contributed by atoms with Gasteiger partial charge in [0.2, 0.25) is 0 Å². The van der Waals surface area contributed by atoms with Gasteiger partial charge in [0.1, 0.15) is 5.01 Å². The predicted molar refractivity (Wildman–Crippen MR) is 62.6 cm³/mol. The third-order valence-electron chi connectivity index (χ3n) is 2.79. The highest BCUT2D eigenvalue weighted by molar-refractivity contribution is 7.09. The average molecular weight is 212 g/mol. The Morgan fingerprint density at radius 2 is 2.29 bits per heavy atom. The Hall–Kier alpha value is -0.410. The van der Waals surface area contributed by atoms with Crippen LogP contribution < -0.4 is 5.32 Å². The van der Waals surface area contributed by atoms with Crippen LogP contribution in [-0.4, -0.2) is 11.0 Å². The van der Waals surface area contributed by atoms with E-state index >= 15 is 0 Å². The van der Waals surface area contributed by atoms with Crippen molar-refractivity contribution >= 4 is 11.3 Å². The summed E-state index contributed by atoms with van der Waals surface area (Å²) in [5.41, 5.74) is 0.0452. The van der Waals surface area contributed by atoms with Crippen LogP contribution in [0.3, 0.4) is 0 Å². The number of nitrogens with one attached hydrogen (secondary N) is 1. The fraction of sp³-hybridized carbons (Fsp3) is 0.727. The van der Waals surface area contributed by atoms with Crippen LogP contribution in [0, 0.1) is 0 Å². The van der Waals surface area contributed by atoms with E-state index in [1.54, 1.807) is 11.3 Å². The molecule has 0 saturated carbocycles. The van der Waals surface area contributed by atoms with Crippen LogP contribution in [0.15, 0.2) is 11.6 Å². The van der Waals surface area contributed by atoms with Crippen LogP contribution in [-0.2, 0) is 5.54 Å². The molecular formula is C11H20N2S. The number of thiazole rings is 1. The Morgan fingerprint density at radius 3 is 2.71 bits per heavy atom. The van der Waals surface area contributed by atoms with Gasteiger partial charge in [-0.1, -0.05) is 13.8 Å². The maximum absolute atomic E-state index is 4.40. The second kappa shape index (κ2) is 4.89. The van der Waals surface area contributed by atoms with Gasteiger partial charge in [-0.3, -0.25) is 0 Å². The molecule has 0 aliphatic heterocycles. The van der Waals surface area contributed by atoms with Gasteiger partial charge >= 0.3 is 0 Å². The minimum atomic E-state index is 0.0452. The maximum Gasteiger partial charge on any atom is 0.112 e. The van der Waals surface area contributed by atoms with E-state index in [9.17, 15) is 0 Å². The van der Waals surface area contributed by atoms with Crippen molar-refractivity contribution in [3.8, 4) is 0 Å². The van der Waals surface area contributed by atoms with Crippen molar-refractivity contribution in [2.75, 3.05) is 0 Å². The second-order valence-electron chi connectivity index (χ2n) is 3.98. The van der Waals surface area contributed by atoms with E-state index in [0.29, 0.717) is 6.04 Å². The molecule has 0 amide bonds. The molecule has 1 N–H and O–H groups in total. The molecule has 14 heavy (non-hydrogen) atoms. The smallest absolute Gasteiger partial charge is 0.112 e. The van der Waals surface area contributed by atoms with Crippen LogP contribution in [0.5, 0.6) is 0 Å². The largest absolute Gasteiger partial charge is 0.303 e. The van der Waals surface area contributed by atoms with Crippen molar-refractivity contribution in [2.24, 2.45) is 0 Å². The molecule has 1 aromatic rings. The lowest BCUT2D eigenvalue weighted by Crippen LogP contribution is -2.44. The first-order chi connectivity index (χ1) is 6.62. The van der Waals surface area contributed by atoms with E-state index in [0.717, 1.165) is 12.8 Å². The molecule has 2 unspecified atom stereocenters. The number of hydrogen-bond acceptors (Lipinski definition) is 3. The summed E-state index contributed by atoms with van der Waals surface area (Å²) in [6, 6.07) is 0.545. The molecule has 0 bridgehead atoms. The molecule has 1 heterocycles. The summed E-state index contributed by atoms with van der Waals surface area (Å²) >= 11 is 1.73. The van der Waals surface area contributed by atoms with E-state index < -0.39 is 0 Å². The summed E-state index contributed by atoms with van der Waals surface area (Å²) in [5.74, 6) is 0. The van der Waals surface area contributed by atoms with Gasteiger partial charge in [0.05, 0.1) is 5.54 Å². The number of nitrogens with zero attached hydrogens (tertiary/aromatic N) is 1. The first-order valence-electron chi connectivity index (χ1n) is 5.30. The highest BCUT2D eigenvalue weighted by Gasteiger charge is 2.27. The lowest BCUT2D eigenvalue weighted by Gasteiger charge is -2.30. The Labute approximate surface area is 90.8 Å². The van der Waals surface area contributed by atoms with Crippen LogP contribution in [0.2, 0.25) is 0 Å². The van der Waals surface area contributed by atoms with E-state index in [1.165, 1.54) is 5.01 Å². The summed E-state index contributed by atoms with van der Waals surface area (Å²) < 4.78 is 0. The molecule has 0 aliphatic rings. The van der Waals surface area contributed by atoms with Crippen molar-refractivity contribution < 1.29 is 0 Å². The summed E-state index contributed by atoms with van der Waals surface area (Å²) in [7, 11) is 0. The predicted octanol–water partition coefficient (Wildman–Crippen LogP) is 3.16. The summed E-state index contributed by atoms with van der Waals surface area (Å²) in [5, 5.41) is 6.88. The molecule has 1 rings (SSSR count). The highest BCUT2D eigenvalue weighted by Crippen LogP contribution is 2.26. The van der Waals surface area contributed by atoms with Gasteiger partial charge in [0.15, 0.2) is 0 Å². The zero-order valence-electron chi connectivity index (χ0n) is 9.50. The number of aromatic nitrogens is 1. The zero-order valence-corrected chi connectivity index (χ0v) is 10.3. The Bertz CT molecular complexity index is 258. The monoisotopic (exact) mass is 212 g/mol. The molecule has 0 fully saturated rings. The molecule has 0 aliphatic carbocycles. The van der Waals surface area contributed by atoms with Crippen molar-refractivity contribution in [3.63, 3.8) is 0 Å². The van der Waals surface area contributed by atoms with Gasteiger partial charge < -0.3 is 5.32 Å². The summed E-state index contributed by atoms with van der Waals surface area (Å²) in [6.45, 7) is 8.87. The molecule has 2 atom stereocenters. The molecule has 1 aromatic heterocycles. The van der Waals surface area contributed by atoms with E-state index in [4.69, 9.17) is 0 Å². The normalized spacial score (nSPS) is 17.7. The lowest BCUT2D eigenvalue weighted by molar-refractivity contribution is 0.308. The average Bonchev–Trinajstić information content (AvgIpc) is 2.70. The first kappa shape index (κ1) is 11.7. The number of hydrogen-bond donors (Lipinski definition) is 1. The number of rotatable bonds is 5. The van der Waals surface area contributed by atoms with Gasteiger partial charge in [0, 0.05) is 17.6 Å². The maximum atomic E-state index is 4.40. The van der Waals surface area contributed by atoms with Crippen molar-refractivity contribution in [3.05, 3.63) is 16.6 Å². The highest BCUT2D eigenvalue weighted by atomic mass is 32.1. The van der Waals surface area contributed by atoms with E-state index in [1.807, 2.05) is 11.6 Å². The van der Waals surface area contributed by atoms with Crippen molar-refractivity contribution in [1.82, 2.24) is 10.3 Å². The third kappa shape index (κ3) is 2.55. The SMILES string of the molecule is CCC(C)NC(C)(CC)c1nccs1. The minimum Gasteiger partial charge on any atom is -0.303 e. The fourth-order valence-electron chi connectivity index (χ4n) is 1.46. The minimum absolute atomic E-state index is 0.0452. The molecular weight excluding hydrogens is 192 g/mol. The van der Waals surface area contributed by atoms with Crippen LogP contribution >= 0.6 is 11.3 Å². The Balaban J connectivity index is 2.76. The Morgan fingerprint density at radius 1 is 1.57 bits per heavy atom. The van der Waals surface area contributed by atoms with Crippen molar-refractivity contribution in [2.45, 2.75) is 52.1 Å². The molecule has 3 heteroatoms. The molecule has 2 nitrogen and oxygen atoms in total. The fourth-order valence-corrected chi connectivity index (χ4v) is 2.29. The van der Waals surface area contributed by atoms with Gasteiger partial charge in [-0.2, -0.15) is 0 Å². The zero-order chi connectivity index (χ0) is 10.6. The van der Waals surface area contributed by atoms with Crippen LogP contribution in [0.1, 0.15) is 45.5 Å². The van der Waals surface area contributed by atoms with Gasteiger partial charge in [-0.15, -0.1) is 11.3 Å². The molecule has 80 valence electrons. The molecule has 0 aromatic carbocycles. The Kier molecular flexibility index (Phi) is 4.08. The van der Waals surface area contributed by atoms with Crippen molar-refractivity contribution in [1.29, 1.82) is 0 Å². The topological polar surface area (TPSA) is 24.9 Å². The van der Waals surface area contributed by atoms with E-state index in [-0.39, 0.29) is 5.54 Å². The third-order valence-corrected chi connectivity index (χ3v) is 3.83. The van der Waals surface area contributed by atoms with E-state index in [2.05, 4.69) is 38.0 Å². The van der Waals surface area contributed by atoms with Crippen LogP contribution in [0.4, 0.5) is 0 Å². The molecule has 0 radical (unpaired) electrons. The second-order valence-corrected chi connectivity index (χ2v) is 4.87. The van der Waals surface area contributed by atoms with Crippen LogP contribution in [0.25, 0.3) is 0 Å². The first-order valence-corrected chi connectivity index (χ1v) is 6.18. The van der Waals surface area contributed by atoms with Gasteiger partial charge in [-0.25, -0.2) is 4.98 Å². The quantitative estimate of drug-likeness (QED) is 0.811. The van der Waals surface area contributed by atoms with Gasteiger partial charge in [-0.05, 0) is 26.7 Å².